The minimum Gasteiger partial charge on any atom is -0.481 e. The Labute approximate surface area is 116 Å². The summed E-state index contributed by atoms with van der Waals surface area (Å²) in [7, 11) is 0. The van der Waals surface area contributed by atoms with Gasteiger partial charge >= 0.3 is 11.9 Å². The van der Waals surface area contributed by atoms with Crippen molar-refractivity contribution in [3.63, 3.8) is 0 Å². The summed E-state index contributed by atoms with van der Waals surface area (Å²) in [5, 5.41) is 42.7. The molecule has 8 nitrogen and oxygen atoms in total. The number of hydrogen-bond acceptors (Lipinski definition) is 6. The van der Waals surface area contributed by atoms with Crippen LogP contribution in [0.1, 0.15) is 39.5 Å². The fourth-order valence-electron chi connectivity index (χ4n) is 1.18. The Kier molecular flexibility index (Phi) is 6.30. The van der Waals surface area contributed by atoms with Gasteiger partial charge < -0.3 is 10.2 Å². The molecular weight excluding hydrogens is 264 g/mol. The van der Waals surface area contributed by atoms with Gasteiger partial charge in [-0.25, -0.2) is 0 Å². The maximum atomic E-state index is 10.5. The summed E-state index contributed by atoms with van der Waals surface area (Å²) >= 11 is 0. The van der Waals surface area contributed by atoms with Crippen molar-refractivity contribution in [1.82, 2.24) is 0 Å². The predicted molar refractivity (Wildman–Crippen MR) is 66.6 cm³/mol. The van der Waals surface area contributed by atoms with Gasteiger partial charge in [-0.1, -0.05) is 0 Å². The third-order valence-corrected chi connectivity index (χ3v) is 2.62. The van der Waals surface area contributed by atoms with Gasteiger partial charge in [0.25, 0.3) is 0 Å². The van der Waals surface area contributed by atoms with E-state index in [1.165, 1.54) is 13.8 Å². The Bertz CT molecular complexity index is 447. The largest absolute Gasteiger partial charge is 0.481 e. The third-order valence-electron chi connectivity index (χ3n) is 2.62. The van der Waals surface area contributed by atoms with Gasteiger partial charge in [0, 0.05) is 12.8 Å². The minimum atomic E-state index is -1.35. The maximum Gasteiger partial charge on any atom is 0.303 e. The Balaban J connectivity index is 4.92. The average Bonchev–Trinajstić information content (AvgIpc) is 2.41. The van der Waals surface area contributed by atoms with Gasteiger partial charge in [-0.2, -0.15) is 20.8 Å². The number of carboxylic acid groups (broad SMARTS) is 2. The Morgan fingerprint density at radius 2 is 1.25 bits per heavy atom. The number of carbonyl (C=O) groups is 2. The Morgan fingerprint density at radius 1 is 0.950 bits per heavy atom. The lowest BCUT2D eigenvalue weighted by atomic mass is 9.97. The third kappa shape index (κ3) is 6.45. The summed E-state index contributed by atoms with van der Waals surface area (Å²) in [5.74, 6) is -2.12. The van der Waals surface area contributed by atoms with E-state index in [1.54, 1.807) is 0 Å². The highest BCUT2D eigenvalue weighted by Gasteiger charge is 2.29. The normalized spacial score (nSPS) is 16.6. The molecule has 0 spiro atoms. The molecule has 0 aliphatic rings. The van der Waals surface area contributed by atoms with Crippen LogP contribution < -0.4 is 0 Å². The van der Waals surface area contributed by atoms with Crippen molar-refractivity contribution in [3.05, 3.63) is 0 Å². The number of carboxylic acids is 2. The van der Waals surface area contributed by atoms with E-state index in [1.807, 2.05) is 12.1 Å². The number of nitrogens with zero attached hydrogens (tertiary/aromatic N) is 4. The average molecular weight is 280 g/mol. The van der Waals surface area contributed by atoms with Gasteiger partial charge in [0.05, 0.1) is 12.1 Å². The minimum absolute atomic E-state index is 0.0389. The zero-order chi connectivity index (χ0) is 15.8. The molecule has 0 heterocycles. The van der Waals surface area contributed by atoms with E-state index in [9.17, 15) is 9.59 Å². The molecule has 2 atom stereocenters. The second kappa shape index (κ2) is 7.19. The van der Waals surface area contributed by atoms with Crippen LogP contribution in [0.4, 0.5) is 0 Å². The second-order valence-electron chi connectivity index (χ2n) is 4.76. The lowest BCUT2D eigenvalue weighted by Crippen LogP contribution is -2.25. The van der Waals surface area contributed by atoms with E-state index < -0.39 is 23.0 Å². The zero-order valence-corrected chi connectivity index (χ0v) is 11.3. The zero-order valence-electron chi connectivity index (χ0n) is 11.3. The molecule has 108 valence electrons. The van der Waals surface area contributed by atoms with Crippen LogP contribution in [0.2, 0.25) is 0 Å². The summed E-state index contributed by atoms with van der Waals surface area (Å²) in [6.45, 7) is 2.82. The maximum absolute atomic E-state index is 10.5. The highest BCUT2D eigenvalue weighted by molar-refractivity contribution is 5.67. The molecule has 0 bridgehead atoms. The molecule has 0 aliphatic heterocycles. The molecule has 0 aromatic rings. The van der Waals surface area contributed by atoms with E-state index in [0.717, 1.165) is 0 Å². The quantitative estimate of drug-likeness (QED) is 0.647. The molecule has 0 aromatic carbocycles. The molecular formula is C12H16N4O4. The van der Waals surface area contributed by atoms with Crippen molar-refractivity contribution in [3.8, 4) is 12.1 Å². The molecule has 0 saturated carbocycles. The number of aliphatic carboxylic acids is 2. The standard InChI is InChI=1S/C12H16N4O4/c1-11(7-13,5-3-9(17)18)15-16-12(2,8-14)6-4-10(19)20/h3-6H2,1-2H3,(H,17,18)(H,19,20)/t11-,12+. The fourth-order valence-corrected chi connectivity index (χ4v) is 1.18. The van der Waals surface area contributed by atoms with E-state index in [4.69, 9.17) is 20.7 Å². The van der Waals surface area contributed by atoms with Crippen LogP contribution in [0, 0.1) is 22.7 Å². The molecule has 0 aromatic heterocycles. The van der Waals surface area contributed by atoms with Crippen molar-refractivity contribution in [2.75, 3.05) is 0 Å². The first-order valence-corrected chi connectivity index (χ1v) is 5.86. The summed E-state index contributed by atoms with van der Waals surface area (Å²) in [6, 6.07) is 3.69. The second-order valence-corrected chi connectivity index (χ2v) is 4.76. The lowest BCUT2D eigenvalue weighted by molar-refractivity contribution is -0.138. The first-order chi connectivity index (χ1) is 9.16. The molecule has 0 unspecified atom stereocenters. The van der Waals surface area contributed by atoms with Crippen LogP contribution in [0.25, 0.3) is 0 Å². The van der Waals surface area contributed by atoms with Crippen LogP contribution in [-0.4, -0.2) is 33.2 Å². The van der Waals surface area contributed by atoms with Crippen LogP contribution >= 0.6 is 0 Å². The van der Waals surface area contributed by atoms with Crippen molar-refractivity contribution in [1.29, 1.82) is 10.5 Å². The van der Waals surface area contributed by atoms with Crippen molar-refractivity contribution < 1.29 is 19.8 Å². The Morgan fingerprint density at radius 3 is 1.45 bits per heavy atom. The molecule has 0 amide bonds. The molecule has 0 saturated heterocycles. The van der Waals surface area contributed by atoms with Gasteiger partial charge in [-0.3, -0.25) is 9.59 Å². The SMILES string of the molecule is C[C@](C#N)(CCC(=O)O)N=N[C@](C)(C#N)CCC(=O)O. The molecule has 20 heavy (non-hydrogen) atoms. The summed E-state index contributed by atoms with van der Waals surface area (Å²) in [6.07, 6.45) is -0.575. The fraction of sp³-hybridized carbons (Fsp3) is 0.667. The first kappa shape index (κ1) is 17.5. The lowest BCUT2D eigenvalue weighted by Gasteiger charge is -2.18. The van der Waals surface area contributed by atoms with E-state index >= 15 is 0 Å². The van der Waals surface area contributed by atoms with Gasteiger partial charge in [-0.15, -0.1) is 0 Å². The number of hydrogen-bond donors (Lipinski definition) is 2. The number of rotatable bonds is 8. The van der Waals surface area contributed by atoms with Crippen molar-refractivity contribution in [2.45, 2.75) is 50.6 Å². The molecule has 0 rings (SSSR count). The summed E-state index contributed by atoms with van der Waals surface area (Å²) in [5.41, 5.74) is -2.69. The molecule has 2 N–H and O–H groups in total. The number of nitriles is 2. The topological polar surface area (TPSA) is 147 Å². The smallest absolute Gasteiger partial charge is 0.303 e. The van der Waals surface area contributed by atoms with Gasteiger partial charge in [-0.05, 0) is 26.7 Å². The highest BCUT2D eigenvalue weighted by atomic mass is 16.4. The number of azo groups is 1. The first-order valence-electron chi connectivity index (χ1n) is 5.86. The van der Waals surface area contributed by atoms with Gasteiger partial charge in [0.15, 0.2) is 11.1 Å². The van der Waals surface area contributed by atoms with Gasteiger partial charge in [0.2, 0.25) is 0 Å². The highest BCUT2D eigenvalue weighted by Crippen LogP contribution is 2.23. The molecule has 0 fully saturated rings. The predicted octanol–water partition coefficient (Wildman–Crippen LogP) is 1.73. The van der Waals surface area contributed by atoms with E-state index in [2.05, 4.69) is 10.2 Å². The summed E-state index contributed by atoms with van der Waals surface area (Å²) < 4.78 is 0. The van der Waals surface area contributed by atoms with E-state index in [0.29, 0.717) is 0 Å². The summed E-state index contributed by atoms with van der Waals surface area (Å²) in [4.78, 5) is 21.0. The van der Waals surface area contributed by atoms with Crippen LogP contribution in [0.15, 0.2) is 10.2 Å². The van der Waals surface area contributed by atoms with Crippen LogP contribution in [-0.2, 0) is 9.59 Å². The molecule has 8 heteroatoms. The molecule has 0 radical (unpaired) electrons. The van der Waals surface area contributed by atoms with Crippen LogP contribution in [0.5, 0.6) is 0 Å². The Hall–Kier alpha value is -2.48. The van der Waals surface area contributed by atoms with Crippen molar-refractivity contribution in [2.24, 2.45) is 10.2 Å². The monoisotopic (exact) mass is 280 g/mol. The van der Waals surface area contributed by atoms with Gasteiger partial charge in [0.1, 0.15) is 0 Å². The van der Waals surface area contributed by atoms with Crippen LogP contribution in [0.3, 0.4) is 0 Å². The molecule has 0 aliphatic carbocycles. The van der Waals surface area contributed by atoms with E-state index in [-0.39, 0.29) is 25.7 Å². The van der Waals surface area contributed by atoms with Crippen molar-refractivity contribution >= 4 is 11.9 Å².